The molecule has 2 aromatic carbocycles. The molecule has 1 saturated carbocycles. The summed E-state index contributed by atoms with van der Waals surface area (Å²) < 4.78 is 17.4. The molecule has 180 valence electrons. The summed E-state index contributed by atoms with van der Waals surface area (Å²) in [6, 6.07) is 15.9. The lowest BCUT2D eigenvalue weighted by atomic mass is 9.66. The molecule has 2 aliphatic carbocycles. The molecule has 3 atom stereocenters. The van der Waals surface area contributed by atoms with Gasteiger partial charge >= 0.3 is 11.9 Å². The third-order valence-electron chi connectivity index (χ3n) is 8.71. The lowest BCUT2D eigenvalue weighted by Gasteiger charge is -2.37. The number of hydrogen-bond donors (Lipinski definition) is 1. The molecule has 0 aromatic heterocycles. The summed E-state index contributed by atoms with van der Waals surface area (Å²) >= 11 is 0. The van der Waals surface area contributed by atoms with Crippen LogP contribution in [0.4, 0.5) is 0 Å². The Bertz CT molecular complexity index is 1120. The Kier molecular flexibility index (Phi) is 5.28. The highest BCUT2D eigenvalue weighted by Crippen LogP contribution is 2.65. The fourth-order valence-corrected chi connectivity index (χ4v) is 5.87. The Morgan fingerprint density at radius 3 is 2.47 bits per heavy atom. The van der Waals surface area contributed by atoms with E-state index in [0.29, 0.717) is 38.7 Å². The van der Waals surface area contributed by atoms with Gasteiger partial charge in [-0.2, -0.15) is 0 Å². The number of ether oxygens (including phenoxy) is 3. The molecule has 6 nitrogen and oxygen atoms in total. The van der Waals surface area contributed by atoms with Crippen molar-refractivity contribution in [2.75, 3.05) is 6.61 Å². The van der Waals surface area contributed by atoms with Gasteiger partial charge in [-0.25, -0.2) is 4.79 Å². The topological polar surface area (TPSA) is 82.1 Å². The zero-order valence-electron chi connectivity index (χ0n) is 20.1. The molecule has 1 heterocycles. The minimum atomic E-state index is -1.28. The van der Waals surface area contributed by atoms with Gasteiger partial charge < -0.3 is 19.3 Å². The SMILES string of the molecule is CC1(C)[C@@]2(C)CC[C@]1(C(=O)OC[C@@]1(O)CCc3c(cccc3OCc3ccccc3)C1)OC2=O. The van der Waals surface area contributed by atoms with E-state index in [0.717, 1.165) is 22.4 Å². The summed E-state index contributed by atoms with van der Waals surface area (Å²) in [6.45, 7) is 6.00. The van der Waals surface area contributed by atoms with Gasteiger partial charge in [-0.3, -0.25) is 4.79 Å². The summed E-state index contributed by atoms with van der Waals surface area (Å²) in [5.41, 5.74) is -0.631. The molecule has 6 heteroatoms. The van der Waals surface area contributed by atoms with E-state index in [2.05, 4.69) is 0 Å². The Labute approximate surface area is 200 Å². The third-order valence-corrected chi connectivity index (χ3v) is 8.71. The summed E-state index contributed by atoms with van der Waals surface area (Å²) in [7, 11) is 0. The molecule has 3 aliphatic rings. The number of carbonyl (C=O) groups is 2. The summed E-state index contributed by atoms with van der Waals surface area (Å²) in [4.78, 5) is 25.7. The molecule has 0 amide bonds. The molecule has 5 rings (SSSR count). The van der Waals surface area contributed by atoms with Crippen LogP contribution in [-0.2, 0) is 38.5 Å². The first-order valence-corrected chi connectivity index (χ1v) is 12.0. The second-order valence-corrected chi connectivity index (χ2v) is 10.8. The van der Waals surface area contributed by atoms with Crippen LogP contribution in [0.2, 0.25) is 0 Å². The predicted octanol–water partition coefficient (Wildman–Crippen LogP) is 4.15. The minimum absolute atomic E-state index is 0.132. The molecule has 2 bridgehead atoms. The summed E-state index contributed by atoms with van der Waals surface area (Å²) in [6.07, 6.45) is 2.48. The molecule has 1 aliphatic heterocycles. The Balaban J connectivity index is 1.26. The maximum atomic E-state index is 13.2. The first kappa shape index (κ1) is 22.9. The van der Waals surface area contributed by atoms with Crippen LogP contribution < -0.4 is 4.74 Å². The van der Waals surface area contributed by atoms with Gasteiger partial charge in [-0.1, -0.05) is 56.3 Å². The predicted molar refractivity (Wildman–Crippen MR) is 125 cm³/mol. The van der Waals surface area contributed by atoms with E-state index in [4.69, 9.17) is 14.2 Å². The van der Waals surface area contributed by atoms with E-state index in [1.54, 1.807) is 0 Å². The van der Waals surface area contributed by atoms with E-state index in [-0.39, 0.29) is 12.6 Å². The van der Waals surface area contributed by atoms with Crippen molar-refractivity contribution in [2.45, 2.75) is 70.7 Å². The van der Waals surface area contributed by atoms with Crippen LogP contribution >= 0.6 is 0 Å². The van der Waals surface area contributed by atoms with Crippen molar-refractivity contribution in [3.63, 3.8) is 0 Å². The van der Waals surface area contributed by atoms with Crippen LogP contribution in [0.1, 0.15) is 56.7 Å². The van der Waals surface area contributed by atoms with Crippen molar-refractivity contribution in [3.8, 4) is 5.75 Å². The normalized spacial score (nSPS) is 31.0. The molecule has 1 N–H and O–H groups in total. The van der Waals surface area contributed by atoms with Gasteiger partial charge in [0.05, 0.1) is 5.41 Å². The molecule has 2 fully saturated rings. The van der Waals surface area contributed by atoms with Crippen LogP contribution in [0.3, 0.4) is 0 Å². The van der Waals surface area contributed by atoms with Crippen LogP contribution in [-0.4, -0.2) is 34.9 Å². The van der Waals surface area contributed by atoms with E-state index in [1.807, 2.05) is 69.3 Å². The standard InChI is InChI=1S/C28H32O6/c1-25(2)26(3)14-15-28(25,34-23(26)29)24(30)33-18-27(31)13-12-21-20(16-27)10-7-11-22(21)32-17-19-8-5-4-6-9-19/h4-11,31H,12-18H2,1-3H3/t26-,27+,28+/m0/s1. The Morgan fingerprint density at radius 2 is 1.79 bits per heavy atom. The Hall–Kier alpha value is -2.86. The van der Waals surface area contributed by atoms with Gasteiger partial charge in [0.25, 0.3) is 0 Å². The van der Waals surface area contributed by atoms with Crippen molar-refractivity contribution in [1.82, 2.24) is 0 Å². The first-order valence-electron chi connectivity index (χ1n) is 12.0. The number of fused-ring (bicyclic) bond motifs is 3. The largest absolute Gasteiger partial charge is 0.489 e. The van der Waals surface area contributed by atoms with Gasteiger partial charge in [-0.15, -0.1) is 0 Å². The van der Waals surface area contributed by atoms with Crippen molar-refractivity contribution in [2.24, 2.45) is 10.8 Å². The zero-order chi connectivity index (χ0) is 24.2. The maximum Gasteiger partial charge on any atom is 0.351 e. The molecular formula is C28H32O6. The van der Waals surface area contributed by atoms with Crippen molar-refractivity contribution < 1.29 is 28.9 Å². The highest BCUT2D eigenvalue weighted by atomic mass is 16.6. The fraction of sp³-hybridized carbons (Fsp3) is 0.500. The number of carbonyl (C=O) groups excluding carboxylic acids is 2. The van der Waals surface area contributed by atoms with Gasteiger partial charge in [-0.05, 0) is 55.4 Å². The number of esters is 2. The summed E-state index contributed by atoms with van der Waals surface area (Å²) in [5.74, 6) is -0.0653. The molecule has 0 radical (unpaired) electrons. The van der Waals surface area contributed by atoms with Gasteiger partial charge in [0.1, 0.15) is 24.6 Å². The van der Waals surface area contributed by atoms with Crippen molar-refractivity contribution in [1.29, 1.82) is 0 Å². The molecular weight excluding hydrogens is 432 g/mol. The smallest absolute Gasteiger partial charge is 0.351 e. The quantitative estimate of drug-likeness (QED) is 0.647. The minimum Gasteiger partial charge on any atom is -0.489 e. The number of rotatable bonds is 6. The average molecular weight is 465 g/mol. The number of aliphatic hydroxyl groups is 1. The van der Waals surface area contributed by atoms with Crippen LogP contribution in [0.15, 0.2) is 48.5 Å². The molecule has 0 spiro atoms. The highest BCUT2D eigenvalue weighted by Gasteiger charge is 2.76. The third kappa shape index (κ3) is 3.34. The van der Waals surface area contributed by atoms with E-state index in [1.165, 1.54) is 0 Å². The van der Waals surface area contributed by atoms with Gasteiger partial charge in [0.2, 0.25) is 5.60 Å². The highest BCUT2D eigenvalue weighted by molar-refractivity contribution is 5.93. The molecule has 0 unspecified atom stereocenters. The molecule has 34 heavy (non-hydrogen) atoms. The van der Waals surface area contributed by atoms with Gasteiger partial charge in [0.15, 0.2) is 0 Å². The second kappa shape index (κ2) is 7.84. The molecule has 2 aromatic rings. The van der Waals surface area contributed by atoms with Crippen molar-refractivity contribution >= 4 is 11.9 Å². The first-order chi connectivity index (χ1) is 16.1. The second-order valence-electron chi connectivity index (χ2n) is 10.8. The van der Waals surface area contributed by atoms with E-state index >= 15 is 0 Å². The lowest BCUT2D eigenvalue weighted by molar-refractivity contribution is -0.188. The van der Waals surface area contributed by atoms with E-state index in [9.17, 15) is 14.7 Å². The zero-order valence-corrected chi connectivity index (χ0v) is 20.1. The number of benzene rings is 2. The van der Waals surface area contributed by atoms with Crippen LogP contribution in [0, 0.1) is 10.8 Å². The molecule has 1 saturated heterocycles. The maximum absolute atomic E-state index is 13.2. The fourth-order valence-electron chi connectivity index (χ4n) is 5.87. The average Bonchev–Trinajstić information content (AvgIpc) is 3.12. The van der Waals surface area contributed by atoms with Crippen molar-refractivity contribution in [3.05, 3.63) is 65.2 Å². The number of hydrogen-bond acceptors (Lipinski definition) is 6. The Morgan fingerprint density at radius 1 is 1.03 bits per heavy atom. The summed E-state index contributed by atoms with van der Waals surface area (Å²) in [5, 5.41) is 11.3. The van der Waals surface area contributed by atoms with Crippen LogP contribution in [0.5, 0.6) is 5.75 Å². The monoisotopic (exact) mass is 464 g/mol. The van der Waals surface area contributed by atoms with E-state index < -0.39 is 28.0 Å². The van der Waals surface area contributed by atoms with Crippen LogP contribution in [0.25, 0.3) is 0 Å². The lowest BCUT2D eigenvalue weighted by Crippen LogP contribution is -2.51. The van der Waals surface area contributed by atoms with Gasteiger partial charge in [0, 0.05) is 11.8 Å².